The number of aromatic nitrogens is 2. The highest BCUT2D eigenvalue weighted by atomic mass is 16.5. The fourth-order valence-electron chi connectivity index (χ4n) is 2.93. The Morgan fingerprint density at radius 2 is 1.77 bits per heavy atom. The summed E-state index contributed by atoms with van der Waals surface area (Å²) >= 11 is 0. The van der Waals surface area contributed by atoms with Crippen LogP contribution in [0.1, 0.15) is 37.2 Å². The maximum atomic E-state index is 12.3. The maximum absolute atomic E-state index is 12.3. The molecule has 3 aromatic rings. The molecule has 0 saturated heterocycles. The van der Waals surface area contributed by atoms with Gasteiger partial charge >= 0.3 is 5.97 Å². The number of nitrogens with one attached hydrogen (secondary N) is 2. The summed E-state index contributed by atoms with van der Waals surface area (Å²) in [6.45, 7) is 5.00. The second-order valence-corrected chi connectivity index (χ2v) is 7.12. The van der Waals surface area contributed by atoms with Crippen molar-refractivity contribution in [3.8, 4) is 0 Å². The summed E-state index contributed by atoms with van der Waals surface area (Å²) in [4.78, 5) is 36.7. The lowest BCUT2D eigenvalue weighted by atomic mass is 10.1. The lowest BCUT2D eigenvalue weighted by Crippen LogP contribution is -2.36. The van der Waals surface area contributed by atoms with Crippen LogP contribution in [0.5, 0.6) is 0 Å². The summed E-state index contributed by atoms with van der Waals surface area (Å²) in [7, 11) is 0. The smallest absolute Gasteiger partial charge is 0.326 e. The molecule has 0 radical (unpaired) electrons. The maximum Gasteiger partial charge on any atom is 0.326 e. The van der Waals surface area contributed by atoms with E-state index in [0.717, 1.165) is 10.8 Å². The van der Waals surface area contributed by atoms with Crippen LogP contribution in [-0.4, -0.2) is 40.2 Å². The van der Waals surface area contributed by atoms with Gasteiger partial charge in [0.05, 0.1) is 6.20 Å². The molecular weight excluding hydrogens is 384 g/mol. The average Bonchev–Trinajstić information content (AvgIpc) is 3.20. The summed E-state index contributed by atoms with van der Waals surface area (Å²) in [5, 5.41) is 11.3. The topological polar surface area (TPSA) is 102 Å². The van der Waals surface area contributed by atoms with Crippen LogP contribution in [0.2, 0.25) is 0 Å². The van der Waals surface area contributed by atoms with Crippen molar-refractivity contribution in [1.82, 2.24) is 15.1 Å². The molecule has 1 aromatic heterocycles. The Hall–Kier alpha value is -3.68. The number of hydrogen-bond acceptors (Lipinski definition) is 5. The first-order valence-corrected chi connectivity index (χ1v) is 9.66. The number of carbonyl (C=O) groups excluding carboxylic acids is 3. The van der Waals surface area contributed by atoms with Crippen LogP contribution in [0.3, 0.4) is 0 Å². The molecule has 1 heterocycles. The predicted molar refractivity (Wildman–Crippen MR) is 113 cm³/mol. The zero-order valence-corrected chi connectivity index (χ0v) is 17.1. The molecule has 0 saturated carbocycles. The highest BCUT2D eigenvalue weighted by Crippen LogP contribution is 2.16. The molecule has 0 spiro atoms. The normalized spacial score (nSPS) is 11.9. The van der Waals surface area contributed by atoms with Crippen LogP contribution >= 0.6 is 0 Å². The number of nitrogens with zero attached hydrogens (tertiary/aromatic N) is 2. The Morgan fingerprint density at radius 3 is 2.50 bits per heavy atom. The number of hydrogen-bond donors (Lipinski definition) is 2. The zero-order valence-electron chi connectivity index (χ0n) is 17.1. The number of anilines is 1. The van der Waals surface area contributed by atoms with Gasteiger partial charge in [0.15, 0.2) is 6.10 Å². The van der Waals surface area contributed by atoms with Gasteiger partial charge in [-0.15, -0.1) is 0 Å². The van der Waals surface area contributed by atoms with E-state index in [4.69, 9.17) is 4.74 Å². The molecule has 0 aliphatic carbocycles. The standard InChI is InChI=1S/C22H24N4O4/c1-14(2)26-19(10-11-24-26)25-21(28)15(3)30-20(27)13-23-22(29)18-9-8-16-6-4-5-7-17(16)12-18/h4-12,14-15H,13H2,1-3H3,(H,23,29)(H,25,28)/t15-/m0/s1. The van der Waals surface area contributed by atoms with Crippen molar-refractivity contribution in [1.29, 1.82) is 0 Å². The molecule has 3 rings (SSSR count). The largest absolute Gasteiger partial charge is 0.451 e. The third-order valence-corrected chi connectivity index (χ3v) is 4.49. The molecule has 0 unspecified atom stereocenters. The predicted octanol–water partition coefficient (Wildman–Crippen LogP) is 2.92. The highest BCUT2D eigenvalue weighted by Gasteiger charge is 2.20. The van der Waals surface area contributed by atoms with E-state index in [0.29, 0.717) is 11.4 Å². The molecule has 0 bridgehead atoms. The van der Waals surface area contributed by atoms with E-state index in [9.17, 15) is 14.4 Å². The molecular formula is C22H24N4O4. The molecule has 1 atom stereocenters. The van der Waals surface area contributed by atoms with Gasteiger partial charge in [-0.25, -0.2) is 4.68 Å². The number of rotatable bonds is 7. The van der Waals surface area contributed by atoms with Crippen molar-refractivity contribution in [3.63, 3.8) is 0 Å². The van der Waals surface area contributed by atoms with Crippen molar-refractivity contribution in [2.24, 2.45) is 0 Å². The molecule has 0 aliphatic rings. The van der Waals surface area contributed by atoms with E-state index in [2.05, 4.69) is 15.7 Å². The Balaban J connectivity index is 1.51. The monoisotopic (exact) mass is 408 g/mol. The Bertz CT molecular complexity index is 1070. The number of carbonyl (C=O) groups is 3. The third-order valence-electron chi connectivity index (χ3n) is 4.49. The molecule has 8 heteroatoms. The Labute approximate surface area is 174 Å². The van der Waals surface area contributed by atoms with Gasteiger partial charge in [0, 0.05) is 17.7 Å². The minimum atomic E-state index is -1.02. The number of amides is 2. The van der Waals surface area contributed by atoms with Crippen LogP contribution in [0.15, 0.2) is 54.7 Å². The van der Waals surface area contributed by atoms with Crippen LogP contribution in [-0.2, 0) is 14.3 Å². The Kier molecular flexibility index (Phi) is 6.46. The number of fused-ring (bicyclic) bond motifs is 1. The van der Waals surface area contributed by atoms with Gasteiger partial charge in [-0.05, 0) is 43.7 Å². The van der Waals surface area contributed by atoms with Crippen molar-refractivity contribution in [2.45, 2.75) is 32.9 Å². The first kappa shape index (κ1) is 21.0. The Morgan fingerprint density at radius 1 is 1.03 bits per heavy atom. The fraction of sp³-hybridized carbons (Fsp3) is 0.273. The van der Waals surface area contributed by atoms with Crippen molar-refractivity contribution < 1.29 is 19.1 Å². The fourth-order valence-corrected chi connectivity index (χ4v) is 2.93. The van der Waals surface area contributed by atoms with Gasteiger partial charge in [0.1, 0.15) is 12.4 Å². The number of benzene rings is 2. The minimum Gasteiger partial charge on any atom is -0.451 e. The van der Waals surface area contributed by atoms with Gasteiger partial charge in [0.2, 0.25) is 0 Å². The van der Waals surface area contributed by atoms with Gasteiger partial charge < -0.3 is 15.4 Å². The molecule has 8 nitrogen and oxygen atoms in total. The van der Waals surface area contributed by atoms with Gasteiger partial charge in [-0.1, -0.05) is 30.3 Å². The van der Waals surface area contributed by atoms with Gasteiger partial charge in [-0.3, -0.25) is 14.4 Å². The summed E-state index contributed by atoms with van der Waals surface area (Å²) in [5.41, 5.74) is 0.439. The van der Waals surface area contributed by atoms with Crippen molar-refractivity contribution >= 4 is 34.4 Å². The summed E-state index contributed by atoms with van der Waals surface area (Å²) in [6.07, 6.45) is 0.555. The molecule has 2 N–H and O–H groups in total. The van der Waals surface area contributed by atoms with Gasteiger partial charge in [-0.2, -0.15) is 5.10 Å². The van der Waals surface area contributed by atoms with Crippen LogP contribution in [0.4, 0.5) is 5.82 Å². The van der Waals surface area contributed by atoms with E-state index < -0.39 is 23.9 Å². The lowest BCUT2D eigenvalue weighted by Gasteiger charge is -2.16. The first-order chi connectivity index (χ1) is 14.3. The van der Waals surface area contributed by atoms with E-state index in [1.54, 1.807) is 29.1 Å². The molecule has 30 heavy (non-hydrogen) atoms. The quantitative estimate of drug-likeness (QED) is 0.585. The second-order valence-electron chi connectivity index (χ2n) is 7.12. The molecule has 156 valence electrons. The minimum absolute atomic E-state index is 0.0680. The molecule has 2 aromatic carbocycles. The van der Waals surface area contributed by atoms with Crippen LogP contribution in [0, 0.1) is 0 Å². The van der Waals surface area contributed by atoms with Crippen LogP contribution < -0.4 is 10.6 Å². The second kappa shape index (κ2) is 9.21. The molecule has 0 aliphatic heterocycles. The van der Waals surface area contributed by atoms with Crippen LogP contribution in [0.25, 0.3) is 10.8 Å². The summed E-state index contributed by atoms with van der Waals surface area (Å²) in [5.74, 6) is -1.06. The highest BCUT2D eigenvalue weighted by molar-refractivity contribution is 6.00. The summed E-state index contributed by atoms with van der Waals surface area (Å²) < 4.78 is 6.77. The molecule has 2 amide bonds. The third kappa shape index (κ3) is 5.02. The van der Waals surface area contributed by atoms with Crippen molar-refractivity contribution in [3.05, 3.63) is 60.3 Å². The van der Waals surface area contributed by atoms with E-state index >= 15 is 0 Å². The zero-order chi connectivity index (χ0) is 21.7. The van der Waals surface area contributed by atoms with Crippen molar-refractivity contribution in [2.75, 3.05) is 11.9 Å². The lowest BCUT2D eigenvalue weighted by molar-refractivity contribution is -0.152. The summed E-state index contributed by atoms with van der Waals surface area (Å²) in [6, 6.07) is 14.7. The average molecular weight is 408 g/mol. The number of esters is 1. The van der Waals surface area contributed by atoms with E-state index in [-0.39, 0.29) is 12.6 Å². The molecule has 0 fully saturated rings. The van der Waals surface area contributed by atoms with E-state index in [1.807, 2.05) is 44.2 Å². The number of ether oxygens (including phenoxy) is 1. The first-order valence-electron chi connectivity index (χ1n) is 9.66. The van der Waals surface area contributed by atoms with E-state index in [1.165, 1.54) is 6.92 Å². The van der Waals surface area contributed by atoms with Gasteiger partial charge in [0.25, 0.3) is 11.8 Å². The SMILES string of the molecule is CC(C)n1nccc1NC(=O)[C@H](C)OC(=O)CNC(=O)c1ccc2ccccc2c1.